The van der Waals surface area contributed by atoms with Crippen molar-refractivity contribution in [3.05, 3.63) is 40.4 Å². The van der Waals surface area contributed by atoms with E-state index in [0.29, 0.717) is 15.8 Å². The highest BCUT2D eigenvalue weighted by Gasteiger charge is 2.47. The van der Waals surface area contributed by atoms with E-state index in [1.54, 1.807) is 32.0 Å². The Balaban J connectivity index is 2.63. The highest BCUT2D eigenvalue weighted by Crippen LogP contribution is 2.41. The SMILES string of the molecule is CC1=C(Br)C(=O)[C@](C)(Br)[C@H](Br)C1=NS(=O)(=O)c1ccccc1. The molecule has 0 radical (unpaired) electrons. The molecule has 0 heterocycles. The number of benzene rings is 1. The van der Waals surface area contributed by atoms with Crippen molar-refractivity contribution < 1.29 is 13.2 Å². The van der Waals surface area contributed by atoms with Gasteiger partial charge in [-0.1, -0.05) is 50.1 Å². The molecule has 0 fully saturated rings. The molecule has 1 aliphatic rings. The number of carbonyl (C=O) groups is 1. The minimum Gasteiger partial charge on any atom is -0.292 e. The second kappa shape index (κ2) is 6.30. The van der Waals surface area contributed by atoms with Crippen molar-refractivity contribution in [1.82, 2.24) is 0 Å². The van der Waals surface area contributed by atoms with E-state index < -0.39 is 19.2 Å². The Kier molecular flexibility index (Phi) is 5.16. The largest absolute Gasteiger partial charge is 0.292 e. The summed E-state index contributed by atoms with van der Waals surface area (Å²) in [6.45, 7) is 3.34. The molecule has 0 N–H and O–H groups in total. The van der Waals surface area contributed by atoms with Crippen molar-refractivity contribution in [2.24, 2.45) is 4.40 Å². The van der Waals surface area contributed by atoms with Gasteiger partial charge in [0.2, 0.25) is 0 Å². The minimum absolute atomic E-state index is 0.110. The lowest BCUT2D eigenvalue weighted by atomic mass is 9.88. The maximum atomic E-state index is 12.4. The number of ketones is 1. The van der Waals surface area contributed by atoms with Gasteiger partial charge in [-0.15, -0.1) is 0 Å². The van der Waals surface area contributed by atoms with Crippen LogP contribution in [0.5, 0.6) is 0 Å². The molecule has 4 nitrogen and oxygen atoms in total. The summed E-state index contributed by atoms with van der Waals surface area (Å²) in [6, 6.07) is 7.97. The van der Waals surface area contributed by atoms with Crippen LogP contribution >= 0.6 is 47.8 Å². The van der Waals surface area contributed by atoms with E-state index in [1.807, 2.05) is 0 Å². The Morgan fingerprint density at radius 2 is 1.77 bits per heavy atom. The lowest BCUT2D eigenvalue weighted by molar-refractivity contribution is -0.116. The number of nitrogens with zero attached hydrogens (tertiary/aromatic N) is 1. The Bertz CT molecular complexity index is 783. The van der Waals surface area contributed by atoms with Crippen molar-refractivity contribution in [1.29, 1.82) is 0 Å². The second-order valence-corrected chi connectivity index (χ2v) is 9.93. The number of sulfonamides is 1. The van der Waals surface area contributed by atoms with Crippen LogP contribution in [0.25, 0.3) is 0 Å². The third kappa shape index (κ3) is 3.16. The zero-order valence-electron chi connectivity index (χ0n) is 11.7. The number of halogens is 3. The van der Waals surface area contributed by atoms with Gasteiger partial charge in [0, 0.05) is 0 Å². The minimum atomic E-state index is -3.85. The fourth-order valence-electron chi connectivity index (χ4n) is 1.95. The van der Waals surface area contributed by atoms with Crippen LogP contribution in [-0.4, -0.2) is 29.1 Å². The predicted octanol–water partition coefficient (Wildman–Crippen LogP) is 3.99. The first-order chi connectivity index (χ1) is 10.1. The van der Waals surface area contributed by atoms with E-state index >= 15 is 0 Å². The molecule has 0 aliphatic heterocycles. The molecule has 2 rings (SSSR count). The topological polar surface area (TPSA) is 63.6 Å². The molecule has 0 unspecified atom stereocenters. The van der Waals surface area contributed by atoms with E-state index in [0.717, 1.165) is 0 Å². The fourth-order valence-corrected chi connectivity index (χ4v) is 5.14. The summed E-state index contributed by atoms with van der Waals surface area (Å²) in [5.41, 5.74) is 0.804. The molecule has 0 saturated heterocycles. The maximum Gasteiger partial charge on any atom is 0.282 e. The van der Waals surface area contributed by atoms with Gasteiger partial charge in [0.1, 0.15) is 4.32 Å². The lowest BCUT2D eigenvalue weighted by Gasteiger charge is -2.33. The Morgan fingerprint density at radius 3 is 2.32 bits per heavy atom. The molecule has 0 spiro atoms. The molecule has 1 aromatic rings. The van der Waals surface area contributed by atoms with E-state index in [-0.39, 0.29) is 10.7 Å². The van der Waals surface area contributed by atoms with Gasteiger partial charge >= 0.3 is 0 Å². The van der Waals surface area contributed by atoms with Crippen LogP contribution in [0.1, 0.15) is 13.8 Å². The highest BCUT2D eigenvalue weighted by atomic mass is 79.9. The average molecular weight is 514 g/mol. The summed E-state index contributed by atoms with van der Waals surface area (Å²) >= 11 is 9.98. The van der Waals surface area contributed by atoms with Crippen molar-refractivity contribution >= 4 is 69.3 Å². The highest BCUT2D eigenvalue weighted by molar-refractivity contribution is 9.13. The number of rotatable bonds is 2. The molecule has 0 bridgehead atoms. The molecule has 0 amide bonds. The molecular formula is C14H12Br3NO3S. The van der Waals surface area contributed by atoms with Crippen molar-refractivity contribution in [3.8, 4) is 0 Å². The molecule has 22 heavy (non-hydrogen) atoms. The van der Waals surface area contributed by atoms with Gasteiger partial charge in [0.05, 0.1) is 19.9 Å². The van der Waals surface area contributed by atoms with Gasteiger partial charge in [-0.05, 0) is 47.5 Å². The number of hydrogen-bond donors (Lipinski definition) is 0. The van der Waals surface area contributed by atoms with Gasteiger partial charge < -0.3 is 0 Å². The molecule has 1 aromatic carbocycles. The molecule has 1 aliphatic carbocycles. The second-order valence-electron chi connectivity index (χ2n) is 4.97. The molecule has 0 saturated carbocycles. The molecule has 8 heteroatoms. The fraction of sp³-hybridized carbons (Fsp3) is 0.286. The van der Waals surface area contributed by atoms with Crippen LogP contribution in [0.15, 0.2) is 49.7 Å². The maximum absolute atomic E-state index is 12.4. The van der Waals surface area contributed by atoms with Gasteiger partial charge in [-0.3, -0.25) is 4.79 Å². The van der Waals surface area contributed by atoms with Gasteiger partial charge in [0.15, 0.2) is 5.78 Å². The number of Topliss-reactive ketones (excluding diaryl/α,β-unsaturated/α-hetero) is 1. The molecule has 118 valence electrons. The number of hydrogen-bond acceptors (Lipinski definition) is 3. The van der Waals surface area contributed by atoms with E-state index in [9.17, 15) is 13.2 Å². The van der Waals surface area contributed by atoms with E-state index in [1.165, 1.54) is 12.1 Å². The summed E-state index contributed by atoms with van der Waals surface area (Å²) in [6.07, 6.45) is 0. The zero-order valence-corrected chi connectivity index (χ0v) is 17.3. The normalized spacial score (nSPS) is 28.3. The van der Waals surface area contributed by atoms with Crippen LogP contribution in [-0.2, 0) is 14.8 Å². The first-order valence-electron chi connectivity index (χ1n) is 6.23. The van der Waals surface area contributed by atoms with E-state index in [4.69, 9.17) is 0 Å². The van der Waals surface area contributed by atoms with Crippen LogP contribution in [0, 0.1) is 0 Å². The van der Waals surface area contributed by atoms with Crippen molar-refractivity contribution in [2.45, 2.75) is 27.9 Å². The molecule has 0 aromatic heterocycles. The molecule has 2 atom stereocenters. The van der Waals surface area contributed by atoms with Crippen molar-refractivity contribution in [2.75, 3.05) is 0 Å². The number of alkyl halides is 2. The standard InChI is InChI=1S/C14H12Br3NO3S/c1-8-10(15)13(19)14(2,17)12(16)11(8)18-22(20,21)9-6-4-3-5-7-9/h3-7,12H,1-2H3/t12-,14-/m1/s1. The van der Waals surface area contributed by atoms with Crippen molar-refractivity contribution in [3.63, 3.8) is 0 Å². The van der Waals surface area contributed by atoms with Gasteiger partial charge in [-0.2, -0.15) is 12.8 Å². The Morgan fingerprint density at radius 1 is 1.23 bits per heavy atom. The number of carbonyl (C=O) groups excluding carboxylic acids is 1. The predicted molar refractivity (Wildman–Crippen MR) is 97.7 cm³/mol. The first kappa shape index (κ1) is 18.0. The van der Waals surface area contributed by atoms with Gasteiger partial charge in [-0.25, -0.2) is 0 Å². The third-order valence-corrected chi connectivity index (χ3v) is 8.37. The van der Waals surface area contributed by atoms with Crippen LogP contribution < -0.4 is 0 Å². The van der Waals surface area contributed by atoms with Crippen LogP contribution in [0.4, 0.5) is 0 Å². The molecular weight excluding hydrogens is 502 g/mol. The summed E-state index contributed by atoms with van der Waals surface area (Å²) < 4.78 is 28.2. The summed E-state index contributed by atoms with van der Waals surface area (Å²) in [4.78, 5) is 11.8. The smallest absolute Gasteiger partial charge is 0.282 e. The summed E-state index contributed by atoms with van der Waals surface area (Å²) in [5, 5.41) is 0. The zero-order chi connectivity index (χ0) is 16.7. The average Bonchev–Trinajstić information content (AvgIpc) is 2.49. The van der Waals surface area contributed by atoms with Crippen LogP contribution in [0.2, 0.25) is 0 Å². The quantitative estimate of drug-likeness (QED) is 0.562. The van der Waals surface area contributed by atoms with Crippen LogP contribution in [0.3, 0.4) is 0 Å². The van der Waals surface area contributed by atoms with E-state index in [2.05, 4.69) is 52.2 Å². The summed E-state index contributed by atoms with van der Waals surface area (Å²) in [7, 11) is -3.85. The Hall–Kier alpha value is -0.310. The first-order valence-corrected chi connectivity index (χ1v) is 10.2. The Labute approximate surface area is 154 Å². The monoisotopic (exact) mass is 511 g/mol. The third-order valence-electron chi connectivity index (χ3n) is 3.33. The lowest BCUT2D eigenvalue weighted by Crippen LogP contribution is -2.47. The van der Waals surface area contributed by atoms with Gasteiger partial charge in [0.25, 0.3) is 10.0 Å². The number of allylic oxidation sites excluding steroid dienone is 2. The summed E-state index contributed by atoms with van der Waals surface area (Å²) in [5.74, 6) is -0.164.